The van der Waals surface area contributed by atoms with Gasteiger partial charge >= 0.3 is 0 Å². The summed E-state index contributed by atoms with van der Waals surface area (Å²) in [6.45, 7) is 4.02. The van der Waals surface area contributed by atoms with E-state index in [4.69, 9.17) is 0 Å². The molecule has 1 fully saturated rings. The molecule has 2 aromatic carbocycles. The minimum atomic E-state index is -0.247. The van der Waals surface area contributed by atoms with Crippen molar-refractivity contribution in [2.75, 3.05) is 32.1 Å². The molecule has 1 aliphatic heterocycles. The molecule has 2 aromatic rings. The van der Waals surface area contributed by atoms with Gasteiger partial charge < -0.3 is 10.2 Å². The van der Waals surface area contributed by atoms with Crippen LogP contribution in [0.25, 0.3) is 0 Å². The van der Waals surface area contributed by atoms with Crippen molar-refractivity contribution in [1.82, 2.24) is 10.2 Å². The van der Waals surface area contributed by atoms with Gasteiger partial charge in [0, 0.05) is 24.8 Å². The molecule has 3 rings (SSSR count). The monoisotopic (exact) mass is 351 g/mol. The van der Waals surface area contributed by atoms with Gasteiger partial charge in [-0.25, -0.2) is 0 Å². The molecule has 1 amide bonds. The Bertz CT molecular complexity index is 704. The van der Waals surface area contributed by atoms with E-state index < -0.39 is 0 Å². The number of aryl methyl sites for hydroxylation is 1. The molecule has 0 radical (unpaired) electrons. The highest BCUT2D eigenvalue weighted by Crippen LogP contribution is 2.22. The Kier molecular flexibility index (Phi) is 5.94. The number of hydrogen-bond acceptors (Lipinski definition) is 3. The van der Waals surface area contributed by atoms with Crippen molar-refractivity contribution in [1.29, 1.82) is 0 Å². The van der Waals surface area contributed by atoms with Crippen LogP contribution in [0, 0.1) is 6.92 Å². The van der Waals surface area contributed by atoms with Crippen LogP contribution < -0.4 is 10.2 Å². The fourth-order valence-corrected chi connectivity index (χ4v) is 3.63. The predicted octanol–water partition coefficient (Wildman–Crippen LogP) is 3.38. The normalized spacial score (nSPS) is 16.5. The zero-order chi connectivity index (χ0) is 18.5. The summed E-state index contributed by atoms with van der Waals surface area (Å²) < 4.78 is 0. The van der Waals surface area contributed by atoms with Gasteiger partial charge in [0.05, 0.1) is 0 Å². The molecule has 1 aliphatic rings. The van der Waals surface area contributed by atoms with Gasteiger partial charge in [-0.15, -0.1) is 0 Å². The van der Waals surface area contributed by atoms with Crippen molar-refractivity contribution < 1.29 is 4.79 Å². The third-order valence-corrected chi connectivity index (χ3v) is 5.12. The van der Waals surface area contributed by atoms with E-state index in [9.17, 15) is 4.79 Å². The Balaban J connectivity index is 1.59. The Morgan fingerprint density at radius 1 is 1.04 bits per heavy atom. The molecule has 0 aliphatic carbocycles. The molecule has 0 unspecified atom stereocenters. The minimum Gasteiger partial charge on any atom is -0.371 e. The van der Waals surface area contributed by atoms with Crippen LogP contribution >= 0.6 is 0 Å². The zero-order valence-corrected chi connectivity index (χ0v) is 16.0. The number of carbonyl (C=O) groups is 1. The maximum Gasteiger partial charge on any atom is 0.242 e. The van der Waals surface area contributed by atoms with E-state index >= 15 is 0 Å². The van der Waals surface area contributed by atoms with Crippen molar-refractivity contribution in [3.8, 4) is 0 Å². The number of likely N-dealkylation sites (N-methyl/N-ethyl adjacent to an activating group) is 1. The van der Waals surface area contributed by atoms with Gasteiger partial charge in [0.1, 0.15) is 6.04 Å². The smallest absolute Gasteiger partial charge is 0.242 e. The Morgan fingerprint density at radius 3 is 2.23 bits per heavy atom. The first-order valence-corrected chi connectivity index (χ1v) is 9.38. The maximum absolute atomic E-state index is 12.9. The second-order valence-corrected chi connectivity index (χ2v) is 7.38. The summed E-state index contributed by atoms with van der Waals surface area (Å²) in [5.41, 5.74) is 3.52. The van der Waals surface area contributed by atoms with Gasteiger partial charge in [-0.2, -0.15) is 0 Å². The number of para-hydroxylation sites is 1. The van der Waals surface area contributed by atoms with Gasteiger partial charge in [-0.1, -0.05) is 48.0 Å². The highest BCUT2D eigenvalue weighted by molar-refractivity contribution is 5.83. The average molecular weight is 351 g/mol. The van der Waals surface area contributed by atoms with Crippen molar-refractivity contribution in [2.45, 2.75) is 31.8 Å². The Hall–Kier alpha value is -2.33. The largest absolute Gasteiger partial charge is 0.371 e. The van der Waals surface area contributed by atoms with Crippen LogP contribution in [0.5, 0.6) is 0 Å². The van der Waals surface area contributed by atoms with E-state index in [-0.39, 0.29) is 18.0 Å². The third kappa shape index (κ3) is 4.44. The fraction of sp³-hybridized carbons (Fsp3) is 0.409. The maximum atomic E-state index is 12.9. The zero-order valence-electron chi connectivity index (χ0n) is 16.0. The lowest BCUT2D eigenvalue weighted by molar-refractivity contribution is -0.126. The average Bonchev–Trinajstić information content (AvgIpc) is 2.64. The Labute approximate surface area is 156 Å². The van der Waals surface area contributed by atoms with E-state index in [1.807, 2.05) is 25.1 Å². The molecule has 0 bridgehead atoms. The summed E-state index contributed by atoms with van der Waals surface area (Å²) in [6.07, 6.45) is 1.96. The van der Waals surface area contributed by atoms with E-state index in [2.05, 4.69) is 65.7 Å². The summed E-state index contributed by atoms with van der Waals surface area (Å²) in [5, 5.41) is 3.28. The second kappa shape index (κ2) is 8.37. The molecule has 26 heavy (non-hydrogen) atoms. The van der Waals surface area contributed by atoms with Gasteiger partial charge in [-0.05, 0) is 51.6 Å². The Morgan fingerprint density at radius 2 is 1.65 bits per heavy atom. The third-order valence-electron chi connectivity index (χ3n) is 5.12. The van der Waals surface area contributed by atoms with Crippen LogP contribution in [0.1, 0.15) is 30.0 Å². The molecule has 138 valence electrons. The van der Waals surface area contributed by atoms with E-state index in [0.717, 1.165) is 31.5 Å². The van der Waals surface area contributed by atoms with Crippen molar-refractivity contribution in [3.63, 3.8) is 0 Å². The van der Waals surface area contributed by atoms with Gasteiger partial charge in [0.15, 0.2) is 0 Å². The van der Waals surface area contributed by atoms with Crippen LogP contribution in [-0.4, -0.2) is 44.0 Å². The number of nitrogens with zero attached hydrogens (tertiary/aromatic N) is 2. The lowest BCUT2D eigenvalue weighted by atomic mass is 10.0. The molecular weight excluding hydrogens is 322 g/mol. The highest BCUT2D eigenvalue weighted by atomic mass is 16.2. The molecule has 0 saturated carbocycles. The molecule has 0 spiro atoms. The quantitative estimate of drug-likeness (QED) is 0.897. The topological polar surface area (TPSA) is 35.6 Å². The fourth-order valence-electron chi connectivity index (χ4n) is 3.63. The second-order valence-electron chi connectivity index (χ2n) is 7.38. The minimum absolute atomic E-state index is 0.0945. The van der Waals surface area contributed by atoms with Crippen LogP contribution in [0.2, 0.25) is 0 Å². The number of carbonyl (C=O) groups excluding carboxylic acids is 1. The molecule has 4 nitrogen and oxygen atoms in total. The van der Waals surface area contributed by atoms with E-state index in [1.165, 1.54) is 11.3 Å². The molecule has 4 heteroatoms. The number of nitrogens with one attached hydrogen (secondary N) is 1. The van der Waals surface area contributed by atoms with Crippen molar-refractivity contribution >= 4 is 11.6 Å². The van der Waals surface area contributed by atoms with E-state index in [1.54, 1.807) is 0 Å². The van der Waals surface area contributed by atoms with Crippen LogP contribution in [0.4, 0.5) is 5.69 Å². The van der Waals surface area contributed by atoms with Crippen molar-refractivity contribution in [3.05, 3.63) is 65.7 Å². The lowest BCUT2D eigenvalue weighted by Gasteiger charge is -2.35. The number of benzene rings is 2. The molecule has 1 atom stereocenters. The first kappa shape index (κ1) is 18.5. The van der Waals surface area contributed by atoms with Crippen LogP contribution in [-0.2, 0) is 4.79 Å². The van der Waals surface area contributed by atoms with Gasteiger partial charge in [-0.3, -0.25) is 9.69 Å². The number of anilines is 1. The summed E-state index contributed by atoms with van der Waals surface area (Å²) in [4.78, 5) is 17.3. The molecule has 1 saturated heterocycles. The summed E-state index contributed by atoms with van der Waals surface area (Å²) in [6, 6.07) is 18.7. The summed E-state index contributed by atoms with van der Waals surface area (Å²) in [7, 11) is 3.92. The predicted molar refractivity (Wildman–Crippen MR) is 107 cm³/mol. The SMILES string of the molecule is Cc1ccc([C@H](C(=O)NC2CCN(c3ccccc3)CC2)N(C)C)cc1. The number of hydrogen-bond donors (Lipinski definition) is 1. The number of piperidine rings is 1. The van der Waals surface area contributed by atoms with Crippen LogP contribution in [0.3, 0.4) is 0 Å². The first-order chi connectivity index (χ1) is 12.5. The summed E-state index contributed by atoms with van der Waals surface area (Å²) in [5.74, 6) is 0.0945. The number of amides is 1. The highest BCUT2D eigenvalue weighted by Gasteiger charge is 2.27. The van der Waals surface area contributed by atoms with Gasteiger partial charge in [0.25, 0.3) is 0 Å². The number of rotatable bonds is 5. The summed E-state index contributed by atoms with van der Waals surface area (Å²) >= 11 is 0. The standard InChI is InChI=1S/C22H29N3O/c1-17-9-11-18(12-10-17)21(24(2)3)22(26)23-19-13-15-25(16-14-19)20-7-5-4-6-8-20/h4-12,19,21H,13-16H2,1-3H3,(H,23,26)/t21-/m1/s1. The van der Waals surface area contributed by atoms with Crippen LogP contribution in [0.15, 0.2) is 54.6 Å². The lowest BCUT2D eigenvalue weighted by Crippen LogP contribution is -2.47. The van der Waals surface area contributed by atoms with Gasteiger partial charge in [0.2, 0.25) is 5.91 Å². The molecule has 0 aromatic heterocycles. The molecule has 1 N–H and O–H groups in total. The first-order valence-electron chi connectivity index (χ1n) is 9.38. The van der Waals surface area contributed by atoms with Crippen molar-refractivity contribution in [2.24, 2.45) is 0 Å². The molecule has 1 heterocycles. The molecular formula is C22H29N3O. The van der Waals surface area contributed by atoms with E-state index in [0.29, 0.717) is 0 Å².